The fourth-order valence-electron chi connectivity index (χ4n) is 3.39. The zero-order valence-electron chi connectivity index (χ0n) is 18.7. The van der Waals surface area contributed by atoms with Crippen LogP contribution in [-0.4, -0.2) is 59.0 Å². The summed E-state index contributed by atoms with van der Waals surface area (Å²) in [6.07, 6.45) is 3.12. The van der Waals surface area contributed by atoms with Crippen molar-refractivity contribution in [1.29, 1.82) is 0 Å². The second kappa shape index (κ2) is 8.14. The Bertz CT molecular complexity index is 927. The van der Waals surface area contributed by atoms with Crippen molar-refractivity contribution in [2.24, 2.45) is 0 Å². The molecular formula is C21H32ClN3O4Si. The fraction of sp³-hybridized carbons (Fsp3) is 0.619. The largest absolute Gasteiger partial charge is 0.444 e. The number of aliphatic hydroxyl groups is 1. The van der Waals surface area contributed by atoms with Crippen LogP contribution in [0.4, 0.5) is 4.79 Å². The fourth-order valence-corrected chi connectivity index (χ4v) is 4.30. The number of aromatic nitrogens is 2. The van der Waals surface area contributed by atoms with Gasteiger partial charge in [-0.1, -0.05) is 31.2 Å². The highest BCUT2D eigenvalue weighted by Crippen LogP contribution is 2.38. The van der Waals surface area contributed by atoms with E-state index in [9.17, 15) is 9.90 Å². The van der Waals surface area contributed by atoms with Crippen LogP contribution in [0.2, 0.25) is 30.8 Å². The van der Waals surface area contributed by atoms with Gasteiger partial charge in [0.05, 0.1) is 18.6 Å². The van der Waals surface area contributed by atoms with E-state index in [0.29, 0.717) is 18.5 Å². The molecule has 9 heteroatoms. The van der Waals surface area contributed by atoms with Crippen LogP contribution in [-0.2, 0) is 21.8 Å². The summed E-state index contributed by atoms with van der Waals surface area (Å²) in [5.41, 5.74) is -0.166. The molecular weight excluding hydrogens is 422 g/mol. The number of hydrogen-bond donors (Lipinski definition) is 1. The molecule has 166 valence electrons. The Morgan fingerprint density at radius 3 is 2.60 bits per heavy atom. The Morgan fingerprint density at radius 1 is 1.33 bits per heavy atom. The van der Waals surface area contributed by atoms with Gasteiger partial charge in [0.1, 0.15) is 23.1 Å². The molecule has 1 fully saturated rings. The van der Waals surface area contributed by atoms with E-state index >= 15 is 0 Å². The quantitative estimate of drug-likeness (QED) is 0.397. The summed E-state index contributed by atoms with van der Waals surface area (Å²) in [7, 11) is -1.17. The molecule has 7 nitrogen and oxygen atoms in total. The molecule has 3 heterocycles. The molecule has 1 aliphatic rings. The van der Waals surface area contributed by atoms with Gasteiger partial charge in [-0.05, 0) is 32.9 Å². The lowest BCUT2D eigenvalue weighted by molar-refractivity contribution is -0.103. The molecule has 0 saturated carbocycles. The van der Waals surface area contributed by atoms with E-state index in [1.165, 1.54) is 4.90 Å². The van der Waals surface area contributed by atoms with Crippen LogP contribution in [0.3, 0.4) is 0 Å². The van der Waals surface area contributed by atoms with Gasteiger partial charge in [-0.2, -0.15) is 0 Å². The molecule has 0 spiro atoms. The predicted octanol–water partition coefficient (Wildman–Crippen LogP) is 4.44. The van der Waals surface area contributed by atoms with Crippen LogP contribution >= 0.6 is 11.6 Å². The summed E-state index contributed by atoms with van der Waals surface area (Å²) in [5.74, 6) is 0. The molecule has 3 rings (SSSR count). The minimum atomic E-state index is -1.17. The normalized spacial score (nSPS) is 16.6. The highest BCUT2D eigenvalue weighted by atomic mass is 35.5. The number of carbonyl (C=O) groups excluding carboxylic acids is 1. The summed E-state index contributed by atoms with van der Waals surface area (Å²) < 4.78 is 13.2. The number of likely N-dealkylation sites (tertiary alicyclic amines) is 1. The third-order valence-corrected chi connectivity index (χ3v) is 6.93. The first kappa shape index (κ1) is 23.1. The maximum absolute atomic E-state index is 12.3. The zero-order chi connectivity index (χ0) is 22.3. The average molecular weight is 454 g/mol. The first-order valence-corrected chi connectivity index (χ1v) is 14.3. The van der Waals surface area contributed by atoms with E-state index < -0.39 is 25.4 Å². The van der Waals surface area contributed by atoms with Crippen LogP contribution in [0.5, 0.6) is 0 Å². The molecule has 1 amide bonds. The minimum absolute atomic E-state index is 0.167. The van der Waals surface area contributed by atoms with Crippen molar-refractivity contribution in [3.05, 3.63) is 29.2 Å². The molecule has 1 N–H and O–H groups in total. The summed E-state index contributed by atoms with van der Waals surface area (Å²) >= 11 is 6.12. The number of β-amino-alcohol motifs (C(OH)–C–C–N with tert-alkyl or cyclic N) is 1. The highest BCUT2D eigenvalue weighted by Gasteiger charge is 2.48. The number of amides is 1. The van der Waals surface area contributed by atoms with Crippen molar-refractivity contribution in [3.8, 4) is 0 Å². The van der Waals surface area contributed by atoms with E-state index in [1.807, 2.05) is 31.5 Å². The predicted molar refractivity (Wildman–Crippen MR) is 121 cm³/mol. The minimum Gasteiger partial charge on any atom is -0.444 e. The van der Waals surface area contributed by atoms with Crippen LogP contribution in [0, 0.1) is 0 Å². The summed E-state index contributed by atoms with van der Waals surface area (Å²) in [6, 6.07) is 2.85. The summed E-state index contributed by atoms with van der Waals surface area (Å²) in [4.78, 5) is 18.0. The molecule has 0 bridgehead atoms. The molecule has 2 aromatic heterocycles. The van der Waals surface area contributed by atoms with Gasteiger partial charge in [0.2, 0.25) is 0 Å². The van der Waals surface area contributed by atoms with Crippen molar-refractivity contribution in [1.82, 2.24) is 14.5 Å². The maximum atomic E-state index is 12.3. The van der Waals surface area contributed by atoms with Crippen molar-refractivity contribution in [2.45, 2.75) is 64.4 Å². The molecule has 0 atom stereocenters. The van der Waals surface area contributed by atoms with Crippen LogP contribution < -0.4 is 0 Å². The topological polar surface area (TPSA) is 76.8 Å². The van der Waals surface area contributed by atoms with E-state index in [4.69, 9.17) is 21.1 Å². The lowest BCUT2D eigenvalue weighted by Gasteiger charge is -2.46. The maximum Gasteiger partial charge on any atom is 0.410 e. The number of ether oxygens (including phenoxy) is 2. The lowest BCUT2D eigenvalue weighted by atomic mass is 9.86. The van der Waals surface area contributed by atoms with E-state index in [1.54, 1.807) is 12.3 Å². The number of fused-ring (bicyclic) bond motifs is 1. The number of halogens is 1. The van der Waals surface area contributed by atoms with Gasteiger partial charge in [-0.25, -0.2) is 9.78 Å². The Balaban J connectivity index is 1.77. The summed E-state index contributed by atoms with van der Waals surface area (Å²) in [5, 5.41) is 12.4. The molecule has 30 heavy (non-hydrogen) atoms. The molecule has 2 aromatic rings. The first-order valence-electron chi connectivity index (χ1n) is 10.2. The third kappa shape index (κ3) is 5.35. The number of carbonyl (C=O) groups is 1. The molecule has 0 unspecified atom stereocenters. The van der Waals surface area contributed by atoms with E-state index in [2.05, 4.69) is 24.6 Å². The van der Waals surface area contributed by atoms with Gasteiger partial charge in [-0.15, -0.1) is 0 Å². The van der Waals surface area contributed by atoms with E-state index in [0.717, 1.165) is 22.5 Å². The third-order valence-electron chi connectivity index (χ3n) is 5.02. The van der Waals surface area contributed by atoms with Gasteiger partial charge in [-0.3, -0.25) is 0 Å². The monoisotopic (exact) mass is 453 g/mol. The van der Waals surface area contributed by atoms with Crippen LogP contribution in [0.25, 0.3) is 10.9 Å². The average Bonchev–Trinajstić information content (AvgIpc) is 2.91. The molecule has 0 aromatic carbocycles. The summed E-state index contributed by atoms with van der Waals surface area (Å²) in [6.45, 7) is 13.8. The van der Waals surface area contributed by atoms with Crippen LogP contribution in [0.15, 0.2) is 18.5 Å². The van der Waals surface area contributed by atoms with Crippen molar-refractivity contribution in [3.63, 3.8) is 0 Å². The zero-order valence-corrected chi connectivity index (χ0v) is 20.4. The van der Waals surface area contributed by atoms with Crippen molar-refractivity contribution >= 4 is 36.7 Å². The van der Waals surface area contributed by atoms with Crippen molar-refractivity contribution < 1.29 is 19.4 Å². The molecule has 0 aliphatic carbocycles. The molecule has 0 radical (unpaired) electrons. The molecule has 1 saturated heterocycles. The number of nitrogens with zero attached hydrogens (tertiary/aromatic N) is 3. The first-order chi connectivity index (χ1) is 13.8. The second-order valence-electron chi connectivity index (χ2n) is 10.3. The number of pyridine rings is 1. The van der Waals surface area contributed by atoms with Gasteiger partial charge in [0, 0.05) is 38.0 Å². The SMILES string of the molecule is CC(C)(C)OC(=O)N1CC(O)(c2cn(COCC[Si](C)(C)C)c3cc(Cl)ncc23)C1. The van der Waals surface area contributed by atoms with Crippen molar-refractivity contribution in [2.75, 3.05) is 19.7 Å². The standard InChI is InChI=1S/C21H32ClN3O4Si/c1-20(2,3)29-19(26)25-12-21(27,13-25)16-11-24(14-28-7-8-30(4,5)6)17-9-18(22)23-10-15(16)17/h9-11,27H,7-8,12-14H2,1-6H3. The highest BCUT2D eigenvalue weighted by molar-refractivity contribution is 6.76. The number of hydrogen-bond acceptors (Lipinski definition) is 5. The Hall–Kier alpha value is -1.61. The molecule has 1 aliphatic heterocycles. The van der Waals surface area contributed by atoms with Gasteiger partial charge in [0.15, 0.2) is 0 Å². The second-order valence-corrected chi connectivity index (χ2v) is 16.3. The Labute approximate surface area is 183 Å². The van der Waals surface area contributed by atoms with E-state index in [-0.39, 0.29) is 13.1 Å². The Morgan fingerprint density at radius 2 is 2.00 bits per heavy atom. The lowest BCUT2D eigenvalue weighted by Crippen LogP contribution is -2.61. The Kier molecular flexibility index (Phi) is 6.26. The number of rotatable bonds is 6. The smallest absolute Gasteiger partial charge is 0.410 e. The van der Waals surface area contributed by atoms with Gasteiger partial charge >= 0.3 is 6.09 Å². The van der Waals surface area contributed by atoms with Gasteiger partial charge < -0.3 is 24.0 Å². The van der Waals surface area contributed by atoms with Crippen LogP contribution in [0.1, 0.15) is 26.3 Å². The van der Waals surface area contributed by atoms with Gasteiger partial charge in [0.25, 0.3) is 0 Å².